The lowest BCUT2D eigenvalue weighted by Crippen LogP contribution is -2.07. The molecule has 1 rings (SSSR count). The maximum atomic E-state index is 7.11. The lowest BCUT2D eigenvalue weighted by molar-refractivity contribution is 0.887. The Labute approximate surface area is 56.8 Å². The largest absolute Gasteiger partial charge is 0.304 e. The van der Waals surface area contributed by atoms with E-state index in [1.165, 1.54) is 4.68 Å². The van der Waals surface area contributed by atoms with Gasteiger partial charge in [0.25, 0.3) is 5.96 Å². The minimum Gasteiger partial charge on any atom is -0.304 e. The summed E-state index contributed by atoms with van der Waals surface area (Å²) in [5.41, 5.74) is 0. The van der Waals surface area contributed by atoms with Crippen molar-refractivity contribution in [3.05, 3.63) is 18.5 Å². The Bertz CT molecular complexity index is 234. The van der Waals surface area contributed by atoms with Crippen molar-refractivity contribution in [3.8, 4) is 0 Å². The highest BCUT2D eigenvalue weighted by molar-refractivity contribution is 5.78. The van der Waals surface area contributed by atoms with Crippen LogP contribution in [-0.4, -0.2) is 15.7 Å². The molecule has 0 bridgehead atoms. The van der Waals surface area contributed by atoms with Crippen LogP contribution in [-0.2, 0) is 0 Å². The molecule has 0 aliphatic rings. The fourth-order valence-corrected chi connectivity index (χ4v) is 0.495. The molecule has 0 spiro atoms. The van der Waals surface area contributed by atoms with E-state index >= 15 is 0 Å². The van der Waals surface area contributed by atoms with Crippen molar-refractivity contribution in [1.29, 1.82) is 5.41 Å². The Morgan fingerprint density at radius 1 is 1.70 bits per heavy atom. The number of hydrogen-bond donors (Lipinski definition) is 2. The molecule has 0 amide bonds. The summed E-state index contributed by atoms with van der Waals surface area (Å²) in [4.78, 5) is 0. The van der Waals surface area contributed by atoms with Gasteiger partial charge in [0, 0.05) is 12.4 Å². The summed E-state index contributed by atoms with van der Waals surface area (Å²) in [6.07, 6.45) is 3.12. The standard InChI is InChI=1S/C4H6N6/c5-4(8-9-6)10-3-1-2-7-10/h1-3H,(H3,5,6,8). The quantitative estimate of drug-likeness (QED) is 0.173. The fourth-order valence-electron chi connectivity index (χ4n) is 0.495. The van der Waals surface area contributed by atoms with Gasteiger partial charge < -0.3 is 5.84 Å². The topological polar surface area (TPSA) is 92.4 Å². The van der Waals surface area contributed by atoms with Crippen molar-refractivity contribution in [2.24, 2.45) is 16.2 Å². The van der Waals surface area contributed by atoms with Gasteiger partial charge in [-0.3, -0.25) is 5.41 Å². The van der Waals surface area contributed by atoms with Gasteiger partial charge in [0.1, 0.15) is 0 Å². The minimum absolute atomic E-state index is 0.104. The van der Waals surface area contributed by atoms with Crippen LogP contribution in [0.15, 0.2) is 28.8 Å². The van der Waals surface area contributed by atoms with Crippen molar-refractivity contribution in [2.75, 3.05) is 0 Å². The molecule has 0 aliphatic heterocycles. The maximum Gasteiger partial charge on any atom is 0.264 e. The third-order valence-electron chi connectivity index (χ3n) is 0.874. The van der Waals surface area contributed by atoms with Gasteiger partial charge in [0.15, 0.2) is 0 Å². The molecule has 1 aromatic rings. The minimum atomic E-state index is -0.104. The zero-order valence-electron chi connectivity index (χ0n) is 5.10. The third kappa shape index (κ3) is 1.16. The molecule has 3 N–H and O–H groups in total. The normalized spacial score (nSPS) is 10.4. The van der Waals surface area contributed by atoms with Crippen molar-refractivity contribution in [2.45, 2.75) is 0 Å². The van der Waals surface area contributed by atoms with Crippen LogP contribution in [0.5, 0.6) is 0 Å². The molecule has 0 aliphatic carbocycles. The average molecular weight is 138 g/mol. The molecule has 52 valence electrons. The van der Waals surface area contributed by atoms with Gasteiger partial charge in [-0.2, -0.15) is 5.10 Å². The van der Waals surface area contributed by atoms with E-state index < -0.39 is 0 Å². The van der Waals surface area contributed by atoms with Crippen LogP contribution in [0.3, 0.4) is 0 Å². The number of nitrogens with zero attached hydrogens (tertiary/aromatic N) is 4. The third-order valence-corrected chi connectivity index (χ3v) is 0.874. The number of nitrogens with one attached hydrogen (secondary N) is 1. The Kier molecular flexibility index (Phi) is 1.74. The van der Waals surface area contributed by atoms with E-state index in [1.807, 2.05) is 0 Å². The van der Waals surface area contributed by atoms with Crippen LogP contribution in [0.4, 0.5) is 0 Å². The second-order valence-corrected chi connectivity index (χ2v) is 1.49. The van der Waals surface area contributed by atoms with E-state index in [9.17, 15) is 0 Å². The molecule has 1 heterocycles. The second kappa shape index (κ2) is 2.72. The van der Waals surface area contributed by atoms with Crippen LogP contribution in [0.1, 0.15) is 0 Å². The first-order valence-corrected chi connectivity index (χ1v) is 2.54. The van der Waals surface area contributed by atoms with Gasteiger partial charge in [-0.25, -0.2) is 4.68 Å². The molecule has 6 nitrogen and oxygen atoms in total. The monoisotopic (exact) mass is 138 g/mol. The van der Waals surface area contributed by atoms with Crippen LogP contribution in [0, 0.1) is 5.41 Å². The van der Waals surface area contributed by atoms with E-state index in [2.05, 4.69) is 15.4 Å². The highest BCUT2D eigenvalue weighted by Crippen LogP contribution is 1.84. The van der Waals surface area contributed by atoms with Crippen molar-refractivity contribution >= 4 is 5.96 Å². The van der Waals surface area contributed by atoms with Gasteiger partial charge in [0.05, 0.1) is 0 Å². The Balaban J connectivity index is 2.78. The van der Waals surface area contributed by atoms with E-state index in [0.717, 1.165) is 0 Å². The number of nitrogens with two attached hydrogens (primary N) is 1. The fraction of sp³-hybridized carbons (Fsp3) is 0. The van der Waals surface area contributed by atoms with Crippen LogP contribution < -0.4 is 5.84 Å². The van der Waals surface area contributed by atoms with Gasteiger partial charge in [-0.05, 0) is 6.07 Å². The zero-order valence-corrected chi connectivity index (χ0v) is 5.10. The number of rotatable bonds is 0. The summed E-state index contributed by atoms with van der Waals surface area (Å²) >= 11 is 0. The van der Waals surface area contributed by atoms with E-state index in [0.29, 0.717) is 0 Å². The van der Waals surface area contributed by atoms with Crippen molar-refractivity contribution < 1.29 is 0 Å². The predicted octanol–water partition coefficient (Wildman–Crippen LogP) is -0.00813. The van der Waals surface area contributed by atoms with Crippen molar-refractivity contribution in [3.63, 3.8) is 0 Å². The number of hydrogen-bond acceptors (Lipinski definition) is 3. The summed E-state index contributed by atoms with van der Waals surface area (Å²) in [6, 6.07) is 1.68. The molecule has 1 aromatic heterocycles. The predicted molar refractivity (Wildman–Crippen MR) is 34.4 cm³/mol. The molecule has 0 saturated heterocycles. The van der Waals surface area contributed by atoms with Crippen LogP contribution in [0.2, 0.25) is 0 Å². The molecule has 0 fully saturated rings. The van der Waals surface area contributed by atoms with Gasteiger partial charge >= 0.3 is 0 Å². The van der Waals surface area contributed by atoms with Crippen LogP contribution >= 0.6 is 0 Å². The summed E-state index contributed by atoms with van der Waals surface area (Å²) in [5, 5.41) is 17.0. The van der Waals surface area contributed by atoms with E-state index in [-0.39, 0.29) is 5.96 Å². The average Bonchev–Trinajstić information content (AvgIpc) is 2.38. The van der Waals surface area contributed by atoms with Gasteiger partial charge in [-0.1, -0.05) is 10.3 Å². The smallest absolute Gasteiger partial charge is 0.264 e. The van der Waals surface area contributed by atoms with Crippen LogP contribution in [0.25, 0.3) is 0 Å². The first-order chi connectivity index (χ1) is 4.84. The highest BCUT2D eigenvalue weighted by Gasteiger charge is 1.93. The molecule has 0 unspecified atom stereocenters. The molecular weight excluding hydrogens is 132 g/mol. The maximum absolute atomic E-state index is 7.11. The second-order valence-electron chi connectivity index (χ2n) is 1.49. The Morgan fingerprint density at radius 3 is 3.00 bits per heavy atom. The highest BCUT2D eigenvalue weighted by atomic mass is 15.4. The first-order valence-electron chi connectivity index (χ1n) is 2.54. The molecule has 10 heavy (non-hydrogen) atoms. The molecule has 0 radical (unpaired) electrons. The molecular formula is C4H6N6. The summed E-state index contributed by atoms with van der Waals surface area (Å²) in [5.74, 6) is 4.61. The van der Waals surface area contributed by atoms with Crippen molar-refractivity contribution in [1.82, 2.24) is 9.78 Å². The number of aromatic nitrogens is 2. The zero-order chi connectivity index (χ0) is 7.40. The molecule has 0 aromatic carbocycles. The molecule has 0 atom stereocenters. The molecule has 6 heteroatoms. The van der Waals surface area contributed by atoms with E-state index in [4.69, 9.17) is 11.3 Å². The summed E-state index contributed by atoms with van der Waals surface area (Å²) in [7, 11) is 0. The van der Waals surface area contributed by atoms with Gasteiger partial charge in [-0.15, -0.1) is 0 Å². The Morgan fingerprint density at radius 2 is 2.50 bits per heavy atom. The lowest BCUT2D eigenvalue weighted by Gasteiger charge is -1.91. The first kappa shape index (κ1) is 6.40. The summed E-state index contributed by atoms with van der Waals surface area (Å²) in [6.45, 7) is 0. The SMILES string of the molecule is N=C(N=NN)n1cccn1. The lowest BCUT2D eigenvalue weighted by atomic mass is 10.7. The van der Waals surface area contributed by atoms with E-state index in [1.54, 1.807) is 18.5 Å². The molecule has 0 saturated carbocycles. The van der Waals surface area contributed by atoms with Gasteiger partial charge in [0.2, 0.25) is 0 Å². The Hall–Kier alpha value is -1.72. The summed E-state index contributed by atoms with van der Waals surface area (Å²) < 4.78 is 1.25.